The Morgan fingerprint density at radius 2 is 2.09 bits per heavy atom. The van der Waals surface area contributed by atoms with Gasteiger partial charge >= 0.3 is 0 Å². The minimum Gasteiger partial charge on any atom is -0.494 e. The average molecular weight is 320 g/mol. The van der Waals surface area contributed by atoms with E-state index in [1.807, 2.05) is 6.92 Å². The molecule has 1 amide bonds. The fourth-order valence-corrected chi connectivity index (χ4v) is 2.58. The largest absolute Gasteiger partial charge is 0.494 e. The minimum absolute atomic E-state index is 0.0255. The van der Waals surface area contributed by atoms with Gasteiger partial charge in [0.1, 0.15) is 0 Å². The monoisotopic (exact) mass is 320 g/mol. The summed E-state index contributed by atoms with van der Waals surface area (Å²) in [5.41, 5.74) is 1.38. The quantitative estimate of drug-likeness (QED) is 0.921. The number of nitrogens with one attached hydrogen (secondary N) is 1. The molecule has 0 saturated carbocycles. The Hall–Kier alpha value is -2.37. The lowest BCUT2D eigenvalue weighted by molar-refractivity contribution is -0.119. The molecule has 0 aliphatic rings. The molecule has 0 aliphatic heterocycles. The van der Waals surface area contributed by atoms with Crippen molar-refractivity contribution in [3.8, 4) is 5.75 Å². The maximum Gasteiger partial charge on any atom is 0.230 e. The van der Waals surface area contributed by atoms with E-state index in [2.05, 4.69) is 5.32 Å². The molecular weight excluding hydrogens is 299 g/mol. The van der Waals surface area contributed by atoms with Crippen molar-refractivity contribution in [2.45, 2.75) is 33.1 Å². The fourth-order valence-electron chi connectivity index (χ4n) is 2.58. The highest BCUT2D eigenvalue weighted by Crippen LogP contribution is 2.32. The van der Waals surface area contributed by atoms with Crippen molar-refractivity contribution in [1.29, 1.82) is 0 Å². The van der Waals surface area contributed by atoms with Crippen molar-refractivity contribution in [3.63, 3.8) is 0 Å². The van der Waals surface area contributed by atoms with Crippen LogP contribution >= 0.6 is 0 Å². The Balaban J connectivity index is 2.58. The van der Waals surface area contributed by atoms with E-state index in [1.165, 1.54) is 24.7 Å². The number of amides is 1. The van der Waals surface area contributed by atoms with Gasteiger partial charge in [0.25, 0.3) is 0 Å². The summed E-state index contributed by atoms with van der Waals surface area (Å²) in [7, 11) is 1.40. The summed E-state index contributed by atoms with van der Waals surface area (Å²) < 4.78 is 20.5. The van der Waals surface area contributed by atoms with Crippen molar-refractivity contribution in [2.24, 2.45) is 0 Å². The van der Waals surface area contributed by atoms with E-state index >= 15 is 0 Å². The van der Waals surface area contributed by atoms with E-state index in [-0.39, 0.29) is 23.5 Å². The lowest BCUT2D eigenvalue weighted by Crippen LogP contribution is -2.24. The fraction of sp³-hybridized carbons (Fsp3) is 0.412. The summed E-state index contributed by atoms with van der Waals surface area (Å²) in [6, 6.07) is 2.92. The number of rotatable bonds is 5. The van der Waals surface area contributed by atoms with Crippen LogP contribution in [0.25, 0.3) is 10.9 Å². The molecular formula is C17H21FN2O3. The molecule has 0 aliphatic carbocycles. The molecule has 0 spiro atoms. The molecule has 1 N–H and O–H groups in total. The molecule has 23 heavy (non-hydrogen) atoms. The van der Waals surface area contributed by atoms with E-state index in [1.54, 1.807) is 19.2 Å². The molecule has 2 aromatic rings. The molecule has 5 nitrogen and oxygen atoms in total. The van der Waals surface area contributed by atoms with E-state index in [4.69, 9.17) is 4.74 Å². The van der Waals surface area contributed by atoms with Crippen LogP contribution in [0.3, 0.4) is 0 Å². The molecule has 0 saturated heterocycles. The predicted molar refractivity (Wildman–Crippen MR) is 86.5 cm³/mol. The van der Waals surface area contributed by atoms with Crippen molar-refractivity contribution in [1.82, 2.24) is 9.88 Å². The molecule has 0 bridgehead atoms. The third kappa shape index (κ3) is 3.36. The summed E-state index contributed by atoms with van der Waals surface area (Å²) in [5.74, 6) is -0.634. The number of aromatic nitrogens is 1. The Labute approximate surface area is 134 Å². The number of hydrogen-bond acceptors (Lipinski definition) is 3. The van der Waals surface area contributed by atoms with Crippen LogP contribution in [0.4, 0.5) is 4.39 Å². The highest BCUT2D eigenvalue weighted by Gasteiger charge is 2.19. The first kappa shape index (κ1) is 17.0. The first-order chi connectivity index (χ1) is 10.9. The Kier molecular flexibility index (Phi) is 5.03. The Morgan fingerprint density at radius 3 is 2.65 bits per heavy atom. The maximum absolute atomic E-state index is 14.0. The SMILES string of the molecule is CCC(=O)n1cc(C(C)CNC(C)=O)c2cc(OC)c(F)cc21. The van der Waals surface area contributed by atoms with Crippen molar-refractivity contribution in [3.05, 3.63) is 29.7 Å². The van der Waals surface area contributed by atoms with E-state index < -0.39 is 5.82 Å². The van der Waals surface area contributed by atoms with Gasteiger partial charge in [0.05, 0.1) is 12.6 Å². The van der Waals surface area contributed by atoms with Crippen LogP contribution in [-0.4, -0.2) is 30.0 Å². The van der Waals surface area contributed by atoms with Gasteiger partial charge in [0.15, 0.2) is 11.6 Å². The predicted octanol–water partition coefficient (Wildman–Crippen LogP) is 3.08. The molecule has 1 aromatic heterocycles. The van der Waals surface area contributed by atoms with Gasteiger partial charge < -0.3 is 10.1 Å². The summed E-state index contributed by atoms with van der Waals surface area (Å²) >= 11 is 0. The van der Waals surface area contributed by atoms with Gasteiger partial charge in [0, 0.05) is 43.5 Å². The molecule has 124 valence electrons. The third-order valence-electron chi connectivity index (χ3n) is 3.87. The van der Waals surface area contributed by atoms with E-state index in [0.29, 0.717) is 18.5 Å². The average Bonchev–Trinajstić information content (AvgIpc) is 2.89. The number of nitrogens with zero attached hydrogens (tertiary/aromatic N) is 1. The van der Waals surface area contributed by atoms with Crippen LogP contribution in [0.15, 0.2) is 18.3 Å². The Morgan fingerprint density at radius 1 is 1.39 bits per heavy atom. The van der Waals surface area contributed by atoms with Crippen molar-refractivity contribution in [2.75, 3.05) is 13.7 Å². The van der Waals surface area contributed by atoms with Gasteiger partial charge in [-0.25, -0.2) is 4.39 Å². The van der Waals surface area contributed by atoms with Crippen LogP contribution < -0.4 is 10.1 Å². The first-order valence-electron chi connectivity index (χ1n) is 7.55. The number of methoxy groups -OCH3 is 1. The van der Waals surface area contributed by atoms with Gasteiger partial charge in [0.2, 0.25) is 11.8 Å². The second-order valence-electron chi connectivity index (χ2n) is 5.54. The van der Waals surface area contributed by atoms with Crippen LogP contribution in [0.2, 0.25) is 0 Å². The van der Waals surface area contributed by atoms with Crippen LogP contribution in [0.1, 0.15) is 43.5 Å². The van der Waals surface area contributed by atoms with Gasteiger partial charge in [-0.05, 0) is 11.6 Å². The molecule has 2 rings (SSSR count). The number of hydrogen-bond donors (Lipinski definition) is 1. The normalized spacial score (nSPS) is 12.2. The molecule has 0 radical (unpaired) electrons. The zero-order valence-corrected chi connectivity index (χ0v) is 13.8. The smallest absolute Gasteiger partial charge is 0.230 e. The lowest BCUT2D eigenvalue weighted by atomic mass is 10.0. The zero-order valence-electron chi connectivity index (χ0n) is 13.8. The van der Waals surface area contributed by atoms with Crippen LogP contribution in [0.5, 0.6) is 5.75 Å². The highest BCUT2D eigenvalue weighted by molar-refractivity contribution is 5.95. The van der Waals surface area contributed by atoms with E-state index in [0.717, 1.165) is 10.9 Å². The molecule has 1 unspecified atom stereocenters. The van der Waals surface area contributed by atoms with Gasteiger partial charge in [-0.3, -0.25) is 14.2 Å². The molecule has 1 aromatic carbocycles. The number of benzene rings is 1. The molecule has 6 heteroatoms. The second kappa shape index (κ2) is 6.81. The lowest BCUT2D eigenvalue weighted by Gasteiger charge is -2.11. The second-order valence-corrected chi connectivity index (χ2v) is 5.54. The van der Waals surface area contributed by atoms with Gasteiger partial charge in [-0.2, -0.15) is 0 Å². The number of ether oxygens (including phenoxy) is 1. The highest BCUT2D eigenvalue weighted by atomic mass is 19.1. The molecule has 1 heterocycles. The summed E-state index contributed by atoms with van der Waals surface area (Å²) in [6.45, 7) is 5.60. The zero-order chi connectivity index (χ0) is 17.1. The van der Waals surface area contributed by atoms with Gasteiger partial charge in [-0.1, -0.05) is 13.8 Å². The minimum atomic E-state index is -0.510. The number of halogens is 1. The molecule has 1 atom stereocenters. The van der Waals surface area contributed by atoms with Gasteiger partial charge in [-0.15, -0.1) is 0 Å². The van der Waals surface area contributed by atoms with Crippen LogP contribution in [0, 0.1) is 5.82 Å². The standard InChI is InChI=1S/C17H21FN2O3/c1-5-17(22)20-9-13(10(2)8-19-11(3)21)12-6-16(23-4)14(18)7-15(12)20/h6-7,9-10H,5,8H2,1-4H3,(H,19,21). The maximum atomic E-state index is 14.0. The first-order valence-corrected chi connectivity index (χ1v) is 7.55. The summed E-state index contributed by atoms with van der Waals surface area (Å²) in [6.07, 6.45) is 2.04. The Bertz CT molecular complexity index is 752. The number of carbonyl (C=O) groups excluding carboxylic acids is 2. The van der Waals surface area contributed by atoms with Crippen LogP contribution in [-0.2, 0) is 4.79 Å². The third-order valence-corrected chi connectivity index (χ3v) is 3.87. The van der Waals surface area contributed by atoms with E-state index in [9.17, 15) is 14.0 Å². The molecule has 0 fully saturated rings. The topological polar surface area (TPSA) is 60.3 Å². The summed E-state index contributed by atoms with van der Waals surface area (Å²) in [4.78, 5) is 23.2. The number of carbonyl (C=O) groups is 2. The van der Waals surface area contributed by atoms with Crippen molar-refractivity contribution < 1.29 is 18.7 Å². The summed E-state index contributed by atoms with van der Waals surface area (Å²) in [5, 5.41) is 3.52. The van der Waals surface area contributed by atoms with Crippen molar-refractivity contribution >= 4 is 22.7 Å². The number of fused-ring (bicyclic) bond motifs is 1.